The fraction of sp³-hybridized carbons (Fsp3) is 0.200. The normalized spacial score (nSPS) is 10.2. The Morgan fingerprint density at radius 1 is 1.21 bits per heavy atom. The van der Waals surface area contributed by atoms with Crippen molar-refractivity contribution in [2.75, 3.05) is 13.6 Å². The van der Waals surface area contributed by atoms with Crippen LogP contribution < -0.4 is 0 Å². The molecule has 1 amide bonds. The number of nitrogens with zero attached hydrogens (tertiary/aromatic N) is 2. The van der Waals surface area contributed by atoms with Crippen LogP contribution in [0.2, 0.25) is 0 Å². The molecule has 0 saturated heterocycles. The maximum Gasteiger partial charge on any atom is 0.254 e. The minimum atomic E-state index is 0.0686. The highest BCUT2D eigenvalue weighted by atomic mass is 127. The zero-order valence-electron chi connectivity index (χ0n) is 10.7. The average Bonchev–Trinajstić information content (AvgIpc) is 2.45. The van der Waals surface area contributed by atoms with Crippen LogP contribution in [0.3, 0.4) is 0 Å². The van der Waals surface area contributed by atoms with E-state index in [1.165, 1.54) is 5.56 Å². The van der Waals surface area contributed by atoms with Gasteiger partial charge in [0.2, 0.25) is 0 Å². The molecule has 0 saturated carbocycles. The molecule has 0 unspecified atom stereocenters. The Kier molecular flexibility index (Phi) is 4.90. The molecule has 0 fully saturated rings. The summed E-state index contributed by atoms with van der Waals surface area (Å²) in [5.41, 5.74) is 1.96. The van der Waals surface area contributed by atoms with Gasteiger partial charge in [-0.3, -0.25) is 9.78 Å². The molecule has 4 heteroatoms. The Balaban J connectivity index is 1.99. The molecule has 0 spiro atoms. The van der Waals surface area contributed by atoms with E-state index in [-0.39, 0.29) is 5.91 Å². The highest BCUT2D eigenvalue weighted by Crippen LogP contribution is 2.13. The van der Waals surface area contributed by atoms with Gasteiger partial charge in [-0.1, -0.05) is 12.1 Å². The van der Waals surface area contributed by atoms with Gasteiger partial charge >= 0.3 is 0 Å². The number of likely N-dealkylation sites (N-methyl/N-ethyl adjacent to an activating group) is 1. The van der Waals surface area contributed by atoms with E-state index in [4.69, 9.17) is 0 Å². The SMILES string of the molecule is CN(CCc1ccncc1)C(=O)c1ccccc1I. The number of pyridine rings is 1. The maximum atomic E-state index is 12.3. The molecule has 0 N–H and O–H groups in total. The first kappa shape index (κ1) is 14.0. The molecule has 19 heavy (non-hydrogen) atoms. The Morgan fingerprint density at radius 3 is 2.58 bits per heavy atom. The van der Waals surface area contributed by atoms with Gasteiger partial charge in [-0.15, -0.1) is 0 Å². The van der Waals surface area contributed by atoms with Crippen LogP contribution in [0, 0.1) is 3.57 Å². The first-order valence-corrected chi connectivity index (χ1v) is 7.15. The highest BCUT2D eigenvalue weighted by molar-refractivity contribution is 14.1. The molecule has 0 radical (unpaired) electrons. The molecular formula is C15H15IN2O. The lowest BCUT2D eigenvalue weighted by molar-refractivity contribution is 0.0795. The second kappa shape index (κ2) is 6.65. The zero-order chi connectivity index (χ0) is 13.7. The Hall–Kier alpha value is -1.43. The van der Waals surface area contributed by atoms with E-state index in [1.807, 2.05) is 43.4 Å². The number of carbonyl (C=O) groups is 1. The largest absolute Gasteiger partial charge is 0.341 e. The van der Waals surface area contributed by atoms with Crippen molar-refractivity contribution >= 4 is 28.5 Å². The number of amides is 1. The van der Waals surface area contributed by atoms with Crippen LogP contribution in [-0.4, -0.2) is 29.4 Å². The Bertz CT molecular complexity index is 557. The molecule has 1 aromatic heterocycles. The van der Waals surface area contributed by atoms with Gasteiger partial charge in [-0.05, 0) is 58.8 Å². The third-order valence-electron chi connectivity index (χ3n) is 2.94. The quantitative estimate of drug-likeness (QED) is 0.780. The lowest BCUT2D eigenvalue weighted by Gasteiger charge is -2.18. The van der Waals surface area contributed by atoms with Gasteiger partial charge in [-0.2, -0.15) is 0 Å². The summed E-state index contributed by atoms with van der Waals surface area (Å²) >= 11 is 2.19. The van der Waals surface area contributed by atoms with Crippen molar-refractivity contribution in [3.8, 4) is 0 Å². The maximum absolute atomic E-state index is 12.3. The lowest BCUT2D eigenvalue weighted by Crippen LogP contribution is -2.29. The van der Waals surface area contributed by atoms with E-state index in [1.54, 1.807) is 17.3 Å². The number of aromatic nitrogens is 1. The molecule has 98 valence electrons. The predicted octanol–water partition coefficient (Wildman–Crippen LogP) is 3.00. The van der Waals surface area contributed by atoms with Crippen molar-refractivity contribution in [1.29, 1.82) is 0 Å². The summed E-state index contributed by atoms with van der Waals surface area (Å²) in [6.07, 6.45) is 4.39. The van der Waals surface area contributed by atoms with Crippen molar-refractivity contribution < 1.29 is 4.79 Å². The van der Waals surface area contributed by atoms with Gasteiger partial charge in [0.1, 0.15) is 0 Å². The van der Waals surface area contributed by atoms with Crippen LogP contribution in [0.5, 0.6) is 0 Å². The molecule has 0 atom stereocenters. The summed E-state index contributed by atoms with van der Waals surface area (Å²) in [7, 11) is 1.84. The molecule has 3 nitrogen and oxygen atoms in total. The number of hydrogen-bond donors (Lipinski definition) is 0. The molecule has 2 rings (SSSR count). The molecule has 0 aliphatic rings. The van der Waals surface area contributed by atoms with Gasteiger partial charge in [0, 0.05) is 29.6 Å². The molecule has 0 aliphatic heterocycles. The fourth-order valence-electron chi connectivity index (χ4n) is 1.79. The van der Waals surface area contributed by atoms with Gasteiger partial charge in [0.25, 0.3) is 5.91 Å². The summed E-state index contributed by atoms with van der Waals surface area (Å²) in [6, 6.07) is 11.6. The standard InChI is InChI=1S/C15H15IN2O/c1-18(11-8-12-6-9-17-10-7-12)15(19)13-4-2-3-5-14(13)16/h2-7,9-10H,8,11H2,1H3. The summed E-state index contributed by atoms with van der Waals surface area (Å²) in [5, 5.41) is 0. The van der Waals surface area contributed by atoms with Crippen LogP contribution in [0.25, 0.3) is 0 Å². The lowest BCUT2D eigenvalue weighted by atomic mass is 10.1. The van der Waals surface area contributed by atoms with E-state index in [2.05, 4.69) is 27.6 Å². The number of benzene rings is 1. The number of carbonyl (C=O) groups excluding carboxylic acids is 1. The first-order valence-electron chi connectivity index (χ1n) is 6.07. The minimum absolute atomic E-state index is 0.0686. The van der Waals surface area contributed by atoms with Gasteiger partial charge in [-0.25, -0.2) is 0 Å². The molecule has 1 heterocycles. The monoisotopic (exact) mass is 366 g/mol. The average molecular weight is 366 g/mol. The molecule has 1 aromatic carbocycles. The summed E-state index contributed by atoms with van der Waals surface area (Å²) < 4.78 is 0.987. The van der Waals surface area contributed by atoms with Crippen molar-refractivity contribution in [3.63, 3.8) is 0 Å². The molecule has 2 aromatic rings. The summed E-state index contributed by atoms with van der Waals surface area (Å²) in [4.78, 5) is 18.0. The second-order valence-corrected chi connectivity index (χ2v) is 5.47. The number of rotatable bonds is 4. The van der Waals surface area contributed by atoms with Gasteiger partial charge < -0.3 is 4.90 Å². The van der Waals surface area contributed by atoms with Crippen molar-refractivity contribution in [1.82, 2.24) is 9.88 Å². The van der Waals surface area contributed by atoms with Crippen molar-refractivity contribution in [2.24, 2.45) is 0 Å². The third-order valence-corrected chi connectivity index (χ3v) is 3.88. The number of hydrogen-bond acceptors (Lipinski definition) is 2. The van der Waals surface area contributed by atoms with Crippen LogP contribution in [0.4, 0.5) is 0 Å². The molecule has 0 bridgehead atoms. The first-order chi connectivity index (χ1) is 9.18. The summed E-state index contributed by atoms with van der Waals surface area (Å²) in [5.74, 6) is 0.0686. The predicted molar refractivity (Wildman–Crippen MR) is 84.1 cm³/mol. The Morgan fingerprint density at radius 2 is 1.89 bits per heavy atom. The van der Waals surface area contributed by atoms with Crippen LogP contribution >= 0.6 is 22.6 Å². The van der Waals surface area contributed by atoms with Crippen molar-refractivity contribution in [2.45, 2.75) is 6.42 Å². The van der Waals surface area contributed by atoms with Crippen LogP contribution in [0.1, 0.15) is 15.9 Å². The minimum Gasteiger partial charge on any atom is -0.341 e. The highest BCUT2D eigenvalue weighted by Gasteiger charge is 2.13. The fourth-order valence-corrected chi connectivity index (χ4v) is 2.41. The molecule has 0 aliphatic carbocycles. The van der Waals surface area contributed by atoms with Crippen molar-refractivity contribution in [3.05, 3.63) is 63.5 Å². The molecular weight excluding hydrogens is 351 g/mol. The van der Waals surface area contributed by atoms with E-state index >= 15 is 0 Å². The summed E-state index contributed by atoms with van der Waals surface area (Å²) in [6.45, 7) is 0.702. The van der Waals surface area contributed by atoms with E-state index in [0.29, 0.717) is 6.54 Å². The van der Waals surface area contributed by atoms with E-state index < -0.39 is 0 Å². The van der Waals surface area contributed by atoms with E-state index in [0.717, 1.165) is 15.6 Å². The Labute approximate surface area is 126 Å². The van der Waals surface area contributed by atoms with Gasteiger partial charge in [0.05, 0.1) is 5.56 Å². The van der Waals surface area contributed by atoms with Gasteiger partial charge in [0.15, 0.2) is 0 Å². The number of halogens is 1. The smallest absolute Gasteiger partial charge is 0.254 e. The zero-order valence-corrected chi connectivity index (χ0v) is 12.9. The van der Waals surface area contributed by atoms with E-state index in [9.17, 15) is 4.79 Å². The van der Waals surface area contributed by atoms with Crippen LogP contribution in [-0.2, 0) is 6.42 Å². The third kappa shape index (κ3) is 3.76. The topological polar surface area (TPSA) is 33.2 Å². The van der Waals surface area contributed by atoms with Crippen LogP contribution in [0.15, 0.2) is 48.8 Å². The second-order valence-electron chi connectivity index (χ2n) is 4.31.